The molecule has 0 spiro atoms. The fourth-order valence-electron chi connectivity index (χ4n) is 1.56. The van der Waals surface area contributed by atoms with Crippen molar-refractivity contribution in [1.29, 1.82) is 0 Å². The number of hydrogen-bond acceptors (Lipinski definition) is 2. The van der Waals surface area contributed by atoms with E-state index in [4.69, 9.17) is 0 Å². The largest absolute Gasteiger partial charge is 0.264 e. The van der Waals surface area contributed by atoms with Crippen LogP contribution in [0.15, 0.2) is 60.3 Å². The van der Waals surface area contributed by atoms with Crippen LogP contribution in [0.3, 0.4) is 0 Å². The number of hydrogen-bond donors (Lipinski definition) is 0. The molecule has 1 heterocycles. The standard InChI is InChI=1S/C14H13NS/c1-16-11-14(12-6-3-2-4-7-12)13-8-5-9-15-10-13/h2-11H,1H3. The van der Waals surface area contributed by atoms with Gasteiger partial charge in [0.05, 0.1) is 0 Å². The average molecular weight is 227 g/mol. The Labute approximate surface area is 100 Å². The number of thioether (sulfide) groups is 1. The lowest BCUT2D eigenvalue weighted by molar-refractivity contribution is 1.31. The van der Waals surface area contributed by atoms with Crippen LogP contribution in [-0.2, 0) is 0 Å². The first-order valence-electron chi connectivity index (χ1n) is 5.10. The van der Waals surface area contributed by atoms with E-state index in [2.05, 4.69) is 47.0 Å². The van der Waals surface area contributed by atoms with Crippen molar-refractivity contribution in [1.82, 2.24) is 4.98 Å². The van der Waals surface area contributed by atoms with Crippen LogP contribution in [0.1, 0.15) is 11.1 Å². The number of pyridine rings is 1. The summed E-state index contributed by atoms with van der Waals surface area (Å²) in [6.45, 7) is 0. The second-order valence-electron chi connectivity index (χ2n) is 3.37. The Morgan fingerprint density at radius 2 is 1.81 bits per heavy atom. The molecule has 0 fully saturated rings. The zero-order chi connectivity index (χ0) is 11.2. The van der Waals surface area contributed by atoms with E-state index in [1.165, 1.54) is 11.1 Å². The van der Waals surface area contributed by atoms with E-state index < -0.39 is 0 Å². The zero-order valence-electron chi connectivity index (χ0n) is 9.13. The molecule has 0 radical (unpaired) electrons. The fourth-order valence-corrected chi connectivity index (χ4v) is 2.07. The first-order chi connectivity index (χ1) is 7.92. The quantitative estimate of drug-likeness (QED) is 0.790. The molecule has 1 aromatic heterocycles. The zero-order valence-corrected chi connectivity index (χ0v) is 9.95. The molecule has 0 aliphatic heterocycles. The summed E-state index contributed by atoms with van der Waals surface area (Å²) in [6, 6.07) is 14.4. The summed E-state index contributed by atoms with van der Waals surface area (Å²) < 4.78 is 0. The molecule has 1 nitrogen and oxygen atoms in total. The van der Waals surface area contributed by atoms with Crippen LogP contribution < -0.4 is 0 Å². The molecule has 0 atom stereocenters. The van der Waals surface area contributed by atoms with Crippen LogP contribution in [0.5, 0.6) is 0 Å². The van der Waals surface area contributed by atoms with E-state index in [1.807, 2.05) is 18.3 Å². The maximum absolute atomic E-state index is 4.16. The van der Waals surface area contributed by atoms with Gasteiger partial charge in [-0.15, -0.1) is 11.8 Å². The average Bonchev–Trinajstić information content (AvgIpc) is 2.38. The van der Waals surface area contributed by atoms with Gasteiger partial charge in [0, 0.05) is 18.0 Å². The third kappa shape index (κ3) is 2.52. The minimum absolute atomic E-state index is 1.16. The Bertz CT molecular complexity index is 421. The van der Waals surface area contributed by atoms with Gasteiger partial charge in [0.1, 0.15) is 0 Å². The number of nitrogens with zero attached hydrogens (tertiary/aromatic N) is 1. The van der Waals surface area contributed by atoms with Gasteiger partial charge in [0.2, 0.25) is 0 Å². The highest BCUT2D eigenvalue weighted by Gasteiger charge is 2.03. The van der Waals surface area contributed by atoms with Crippen molar-refractivity contribution in [3.8, 4) is 0 Å². The van der Waals surface area contributed by atoms with Crippen LogP contribution in [0.4, 0.5) is 0 Å². The summed E-state index contributed by atoms with van der Waals surface area (Å²) >= 11 is 1.71. The van der Waals surface area contributed by atoms with E-state index in [-0.39, 0.29) is 0 Å². The van der Waals surface area contributed by atoms with Gasteiger partial charge in [0.25, 0.3) is 0 Å². The predicted octanol–water partition coefficient (Wildman–Crippen LogP) is 3.83. The molecule has 2 aromatic rings. The van der Waals surface area contributed by atoms with Crippen molar-refractivity contribution in [3.05, 3.63) is 71.4 Å². The third-order valence-electron chi connectivity index (χ3n) is 2.29. The molecule has 0 N–H and O–H groups in total. The SMILES string of the molecule is CSC=C(c1ccccc1)c1cccnc1. The molecular weight excluding hydrogens is 214 g/mol. The lowest BCUT2D eigenvalue weighted by Crippen LogP contribution is -1.87. The lowest BCUT2D eigenvalue weighted by atomic mass is 10.0. The van der Waals surface area contributed by atoms with Gasteiger partial charge in [-0.2, -0.15) is 0 Å². The van der Waals surface area contributed by atoms with Crippen molar-refractivity contribution >= 4 is 17.3 Å². The Kier molecular flexibility index (Phi) is 3.78. The molecule has 0 saturated heterocycles. The van der Waals surface area contributed by atoms with E-state index in [0.717, 1.165) is 5.56 Å². The van der Waals surface area contributed by atoms with E-state index in [1.54, 1.807) is 18.0 Å². The number of benzene rings is 1. The summed E-state index contributed by atoms with van der Waals surface area (Å²) in [6.07, 6.45) is 5.76. The second-order valence-corrected chi connectivity index (χ2v) is 4.08. The van der Waals surface area contributed by atoms with Crippen LogP contribution >= 0.6 is 11.8 Å². The van der Waals surface area contributed by atoms with Gasteiger partial charge in [0.15, 0.2) is 0 Å². The van der Waals surface area contributed by atoms with Gasteiger partial charge < -0.3 is 0 Å². The normalized spacial score (nSPS) is 11.4. The van der Waals surface area contributed by atoms with Gasteiger partial charge in [-0.1, -0.05) is 36.4 Å². The molecule has 16 heavy (non-hydrogen) atoms. The van der Waals surface area contributed by atoms with Crippen molar-refractivity contribution in [2.75, 3.05) is 6.26 Å². The molecule has 0 amide bonds. The lowest BCUT2D eigenvalue weighted by Gasteiger charge is -2.06. The second kappa shape index (κ2) is 5.52. The van der Waals surface area contributed by atoms with E-state index >= 15 is 0 Å². The summed E-state index contributed by atoms with van der Waals surface area (Å²) in [5.41, 5.74) is 3.61. The van der Waals surface area contributed by atoms with Crippen LogP contribution in [0, 0.1) is 0 Å². The minimum Gasteiger partial charge on any atom is -0.264 e. The summed E-state index contributed by atoms with van der Waals surface area (Å²) in [5, 5.41) is 2.16. The Hall–Kier alpha value is -1.54. The number of rotatable bonds is 3. The van der Waals surface area contributed by atoms with Crippen LogP contribution in [0.25, 0.3) is 5.57 Å². The third-order valence-corrected chi connectivity index (χ3v) is 2.76. The molecule has 0 aliphatic rings. The van der Waals surface area contributed by atoms with Crippen molar-refractivity contribution in [2.24, 2.45) is 0 Å². The van der Waals surface area contributed by atoms with Crippen molar-refractivity contribution in [2.45, 2.75) is 0 Å². The van der Waals surface area contributed by atoms with Crippen molar-refractivity contribution in [3.63, 3.8) is 0 Å². The first-order valence-corrected chi connectivity index (χ1v) is 6.39. The van der Waals surface area contributed by atoms with Gasteiger partial charge in [-0.3, -0.25) is 4.98 Å². The minimum atomic E-state index is 1.16. The highest BCUT2D eigenvalue weighted by Crippen LogP contribution is 2.24. The predicted molar refractivity (Wildman–Crippen MR) is 71.3 cm³/mol. The first kappa shape index (κ1) is 11.0. The monoisotopic (exact) mass is 227 g/mol. The highest BCUT2D eigenvalue weighted by molar-refractivity contribution is 8.01. The fraction of sp³-hybridized carbons (Fsp3) is 0.0714. The van der Waals surface area contributed by atoms with Gasteiger partial charge in [-0.05, 0) is 28.9 Å². The smallest absolute Gasteiger partial charge is 0.0346 e. The molecule has 80 valence electrons. The van der Waals surface area contributed by atoms with Crippen LogP contribution in [-0.4, -0.2) is 11.2 Å². The number of aromatic nitrogens is 1. The van der Waals surface area contributed by atoms with Crippen LogP contribution in [0.2, 0.25) is 0 Å². The molecule has 2 heteroatoms. The maximum Gasteiger partial charge on any atom is 0.0346 e. The Balaban J connectivity index is 2.44. The Morgan fingerprint density at radius 1 is 1.06 bits per heavy atom. The molecule has 0 aliphatic carbocycles. The molecule has 1 aromatic carbocycles. The molecule has 2 rings (SSSR count). The van der Waals surface area contributed by atoms with E-state index in [9.17, 15) is 0 Å². The molecule has 0 bridgehead atoms. The molecule has 0 unspecified atom stereocenters. The maximum atomic E-state index is 4.16. The molecule has 0 saturated carbocycles. The summed E-state index contributed by atoms with van der Waals surface area (Å²) in [5.74, 6) is 0. The topological polar surface area (TPSA) is 12.9 Å². The highest BCUT2D eigenvalue weighted by atomic mass is 32.2. The summed E-state index contributed by atoms with van der Waals surface area (Å²) in [4.78, 5) is 4.16. The van der Waals surface area contributed by atoms with E-state index in [0.29, 0.717) is 0 Å². The Morgan fingerprint density at radius 3 is 2.44 bits per heavy atom. The van der Waals surface area contributed by atoms with Gasteiger partial charge in [-0.25, -0.2) is 0 Å². The molecular formula is C14H13NS. The van der Waals surface area contributed by atoms with Gasteiger partial charge >= 0.3 is 0 Å². The van der Waals surface area contributed by atoms with Crippen molar-refractivity contribution < 1.29 is 0 Å². The summed E-state index contributed by atoms with van der Waals surface area (Å²) in [7, 11) is 0.